The first-order valence-corrected chi connectivity index (χ1v) is 20.8. The van der Waals surface area contributed by atoms with Crippen molar-refractivity contribution >= 4 is 31.5 Å². The Morgan fingerprint density at radius 2 is 1.25 bits per heavy atom. The van der Waals surface area contributed by atoms with E-state index in [0.717, 1.165) is 56.7 Å². The summed E-state index contributed by atoms with van der Waals surface area (Å²) in [6, 6.07) is 52.4. The summed E-state index contributed by atoms with van der Waals surface area (Å²) in [6.07, 6.45) is 5.07. The Bertz CT molecular complexity index is 3200. The fraction of sp³-hybridized carbons (Fsp3) is 0.0755. The van der Waals surface area contributed by atoms with Gasteiger partial charge in [-0.25, -0.2) is 15.0 Å². The molecule has 1 atom stereocenters. The van der Waals surface area contributed by atoms with Crippen molar-refractivity contribution in [1.82, 2.24) is 15.0 Å². The highest BCUT2D eigenvalue weighted by atomic mass is 32.1. The van der Waals surface area contributed by atoms with Crippen molar-refractivity contribution < 1.29 is 9.47 Å². The lowest BCUT2D eigenvalue weighted by Gasteiger charge is -2.32. The van der Waals surface area contributed by atoms with E-state index in [1.54, 1.807) is 11.3 Å². The van der Waals surface area contributed by atoms with Gasteiger partial charge >= 0.3 is 0 Å². The third-order valence-corrected chi connectivity index (χ3v) is 13.0. The molecule has 0 N–H and O–H groups in total. The lowest BCUT2D eigenvalue weighted by molar-refractivity contribution is 0.360. The van der Waals surface area contributed by atoms with Crippen molar-refractivity contribution in [2.75, 3.05) is 0 Å². The summed E-state index contributed by atoms with van der Waals surface area (Å²) in [6.45, 7) is 8.85. The Morgan fingerprint density at radius 3 is 2.08 bits per heavy atom. The number of benzene rings is 7. The molecular weight excluding hydrogens is 743 g/mol. The fourth-order valence-electron chi connectivity index (χ4n) is 9.09. The predicted octanol–water partition coefficient (Wildman–Crippen LogP) is 14.6. The van der Waals surface area contributed by atoms with Crippen molar-refractivity contribution in [3.8, 4) is 79.4 Å². The summed E-state index contributed by atoms with van der Waals surface area (Å²) in [4.78, 5) is 15.3. The first-order valence-electron chi connectivity index (χ1n) is 20.0. The molecule has 1 aliphatic heterocycles. The van der Waals surface area contributed by atoms with Crippen molar-refractivity contribution in [3.05, 3.63) is 187 Å². The molecule has 6 heteroatoms. The predicted molar refractivity (Wildman–Crippen MR) is 242 cm³/mol. The van der Waals surface area contributed by atoms with E-state index in [9.17, 15) is 0 Å². The molecule has 0 amide bonds. The third-order valence-electron chi connectivity index (χ3n) is 11.8. The first kappa shape index (κ1) is 35.0. The smallest absolute Gasteiger partial charge is 0.178 e. The Morgan fingerprint density at radius 1 is 0.576 bits per heavy atom. The zero-order valence-electron chi connectivity index (χ0n) is 32.6. The van der Waals surface area contributed by atoms with Crippen LogP contribution in [0.15, 0.2) is 176 Å². The fourth-order valence-corrected chi connectivity index (χ4v) is 10.2. The van der Waals surface area contributed by atoms with Crippen LogP contribution in [0.4, 0.5) is 0 Å². The lowest BCUT2D eigenvalue weighted by atomic mass is 9.70. The maximum absolute atomic E-state index is 6.83. The molecule has 5 nitrogen and oxygen atoms in total. The van der Waals surface area contributed by atoms with Crippen molar-refractivity contribution in [2.24, 2.45) is 0 Å². The molecule has 0 saturated heterocycles. The topological polar surface area (TPSA) is 57.1 Å². The average Bonchev–Trinajstić information content (AvgIpc) is 3.82. The normalized spacial score (nSPS) is 15.0. The molecule has 0 radical (unpaired) electrons. The van der Waals surface area contributed by atoms with Crippen LogP contribution in [0, 0.1) is 0 Å². The standard InChI is InChI=1S/C53H37N3O2S/c1-4-15-32(3)53(5-2)41-22-13-11-21-40(41)48-42(53)27-29-44-49(48)58-43-28-25-34(30-45(43)57-44)36-18-9-10-20-39(36)52-55-50(33-16-7-6-8-17-33)54-51(56-52)35-24-26-38-37-19-12-14-23-46(37)59-47(38)31-35/h4,6-31H,3,5H2,1-2H3/b15-4-. The van der Waals surface area contributed by atoms with Crippen LogP contribution in [-0.2, 0) is 5.41 Å². The molecule has 59 heavy (non-hydrogen) atoms. The minimum absolute atomic E-state index is 0.356. The van der Waals surface area contributed by atoms with Crippen LogP contribution >= 0.6 is 11.3 Å². The quantitative estimate of drug-likeness (QED) is 0.151. The highest BCUT2D eigenvalue weighted by Crippen LogP contribution is 2.61. The van der Waals surface area contributed by atoms with Crippen LogP contribution in [0.25, 0.3) is 76.6 Å². The van der Waals surface area contributed by atoms with Gasteiger partial charge in [-0.05, 0) is 77.1 Å². The summed E-state index contributed by atoms with van der Waals surface area (Å²) in [5.74, 6) is 4.56. The summed E-state index contributed by atoms with van der Waals surface area (Å²) in [7, 11) is 0. The SMILES string of the molecule is C=C(/C=C\C)C1(CC)c2ccccc2-c2c1ccc1c2Oc2ccc(-c3ccccc3-c3nc(-c4ccccc4)nc(-c4ccc5c(c4)sc4ccccc45)n3)cc2O1. The van der Waals surface area contributed by atoms with E-state index in [0.29, 0.717) is 34.7 Å². The van der Waals surface area contributed by atoms with E-state index in [1.807, 2.05) is 61.5 Å². The first-order chi connectivity index (χ1) is 29.0. The molecule has 3 heterocycles. The molecule has 2 aliphatic rings. The number of allylic oxidation sites excluding steroid dienone is 3. The van der Waals surface area contributed by atoms with Gasteiger partial charge < -0.3 is 9.47 Å². The molecule has 0 spiro atoms. The van der Waals surface area contributed by atoms with Gasteiger partial charge in [0.25, 0.3) is 0 Å². The molecule has 11 rings (SSSR count). The maximum Gasteiger partial charge on any atom is 0.178 e. The number of nitrogens with zero attached hydrogens (tertiary/aromatic N) is 3. The van der Waals surface area contributed by atoms with E-state index in [-0.39, 0.29) is 5.41 Å². The number of aromatic nitrogens is 3. The van der Waals surface area contributed by atoms with Gasteiger partial charge in [-0.1, -0.05) is 147 Å². The number of hydrogen-bond acceptors (Lipinski definition) is 6. The van der Waals surface area contributed by atoms with Crippen LogP contribution in [0.1, 0.15) is 31.4 Å². The monoisotopic (exact) mass is 779 g/mol. The largest absolute Gasteiger partial charge is 0.449 e. The Hall–Kier alpha value is -7.15. The Balaban J connectivity index is 1.00. The van der Waals surface area contributed by atoms with Crippen LogP contribution < -0.4 is 9.47 Å². The van der Waals surface area contributed by atoms with E-state index in [4.69, 9.17) is 24.4 Å². The molecule has 1 aliphatic carbocycles. The molecule has 2 aromatic heterocycles. The Kier molecular flexibility index (Phi) is 8.17. The number of fused-ring (bicyclic) bond motifs is 9. The number of ether oxygens (including phenoxy) is 2. The van der Waals surface area contributed by atoms with Gasteiger partial charge in [0.15, 0.2) is 40.5 Å². The number of rotatable bonds is 7. The molecular formula is C53H37N3O2S. The summed E-state index contributed by atoms with van der Waals surface area (Å²) < 4.78 is 16.0. The van der Waals surface area contributed by atoms with Crippen LogP contribution in [0.3, 0.4) is 0 Å². The van der Waals surface area contributed by atoms with Crippen LogP contribution in [-0.4, -0.2) is 15.0 Å². The average molecular weight is 780 g/mol. The lowest BCUT2D eigenvalue weighted by Crippen LogP contribution is -2.25. The highest BCUT2D eigenvalue weighted by Gasteiger charge is 2.45. The second-order valence-corrected chi connectivity index (χ2v) is 16.1. The van der Waals surface area contributed by atoms with E-state index >= 15 is 0 Å². The van der Waals surface area contributed by atoms with Gasteiger partial charge in [-0.3, -0.25) is 0 Å². The van der Waals surface area contributed by atoms with Crippen LogP contribution in [0.5, 0.6) is 23.0 Å². The van der Waals surface area contributed by atoms with E-state index in [2.05, 4.69) is 123 Å². The summed E-state index contributed by atoms with van der Waals surface area (Å²) in [5, 5.41) is 2.49. The van der Waals surface area contributed by atoms with Crippen molar-refractivity contribution in [2.45, 2.75) is 25.7 Å². The van der Waals surface area contributed by atoms with Gasteiger partial charge in [0.2, 0.25) is 0 Å². The molecule has 0 bridgehead atoms. The third kappa shape index (κ3) is 5.48. The van der Waals surface area contributed by atoms with E-state index < -0.39 is 0 Å². The van der Waals surface area contributed by atoms with Gasteiger partial charge in [-0.2, -0.15) is 0 Å². The van der Waals surface area contributed by atoms with Gasteiger partial charge in [0, 0.05) is 47.8 Å². The highest BCUT2D eigenvalue weighted by molar-refractivity contribution is 7.25. The molecule has 7 aromatic carbocycles. The minimum atomic E-state index is -0.356. The Labute approximate surface area is 346 Å². The molecule has 9 aromatic rings. The molecule has 0 saturated carbocycles. The second-order valence-electron chi connectivity index (χ2n) is 15.0. The minimum Gasteiger partial charge on any atom is -0.449 e. The summed E-state index contributed by atoms with van der Waals surface area (Å²) >= 11 is 1.79. The zero-order chi connectivity index (χ0) is 39.7. The summed E-state index contributed by atoms with van der Waals surface area (Å²) in [5.41, 5.74) is 10.0. The van der Waals surface area contributed by atoms with Crippen molar-refractivity contribution in [3.63, 3.8) is 0 Å². The molecule has 282 valence electrons. The van der Waals surface area contributed by atoms with Gasteiger partial charge in [0.1, 0.15) is 0 Å². The molecule has 0 fully saturated rings. The van der Waals surface area contributed by atoms with Gasteiger partial charge in [0.05, 0.1) is 0 Å². The zero-order valence-corrected chi connectivity index (χ0v) is 33.4. The number of hydrogen-bond donors (Lipinski definition) is 0. The number of thiophene rings is 1. The van der Waals surface area contributed by atoms with Crippen molar-refractivity contribution in [1.29, 1.82) is 0 Å². The van der Waals surface area contributed by atoms with Crippen LogP contribution in [0.2, 0.25) is 0 Å². The molecule has 1 unspecified atom stereocenters. The van der Waals surface area contributed by atoms with Gasteiger partial charge in [-0.15, -0.1) is 11.3 Å². The second kappa shape index (κ2) is 13.8. The maximum atomic E-state index is 6.83. The van der Waals surface area contributed by atoms with E-state index in [1.165, 1.54) is 31.3 Å².